The zero-order valence-corrected chi connectivity index (χ0v) is 11.5. The van der Waals surface area contributed by atoms with Crippen molar-refractivity contribution >= 4 is 5.91 Å². The van der Waals surface area contributed by atoms with Crippen molar-refractivity contribution in [3.63, 3.8) is 0 Å². The molecule has 1 heterocycles. The first-order valence-electron chi connectivity index (χ1n) is 6.91. The number of nitrogens with one attached hydrogen (secondary N) is 1. The number of piperidine rings is 1. The Morgan fingerprint density at radius 1 is 1.39 bits per heavy atom. The Morgan fingerprint density at radius 3 is 2.56 bits per heavy atom. The van der Waals surface area contributed by atoms with Crippen LogP contribution >= 0.6 is 0 Å². The van der Waals surface area contributed by atoms with Gasteiger partial charge in [0, 0.05) is 6.54 Å². The standard InChI is InChI=1S/C13H26N2O3/c1-3-7-14-11-6-5-8-15(12(11)18)13(4-2,9-16)10-17/h11,14,16-17H,3-10H2,1-2H3. The van der Waals surface area contributed by atoms with Gasteiger partial charge >= 0.3 is 0 Å². The van der Waals surface area contributed by atoms with Gasteiger partial charge in [-0.25, -0.2) is 0 Å². The fraction of sp³-hybridized carbons (Fsp3) is 0.923. The number of hydrogen-bond donors (Lipinski definition) is 3. The van der Waals surface area contributed by atoms with Gasteiger partial charge in [-0.3, -0.25) is 4.79 Å². The summed E-state index contributed by atoms with van der Waals surface area (Å²) in [6, 6.07) is -0.164. The van der Waals surface area contributed by atoms with Crippen LogP contribution in [0.3, 0.4) is 0 Å². The summed E-state index contributed by atoms with van der Waals surface area (Å²) in [4.78, 5) is 14.1. The zero-order valence-electron chi connectivity index (χ0n) is 11.5. The molecule has 1 amide bonds. The minimum atomic E-state index is -0.802. The minimum Gasteiger partial charge on any atom is -0.394 e. The Balaban J connectivity index is 2.78. The molecule has 1 aliphatic heterocycles. The summed E-state index contributed by atoms with van der Waals surface area (Å²) in [6.07, 6.45) is 3.30. The molecule has 1 unspecified atom stereocenters. The van der Waals surface area contributed by atoms with Gasteiger partial charge in [-0.05, 0) is 32.2 Å². The first kappa shape index (κ1) is 15.4. The molecule has 0 spiro atoms. The van der Waals surface area contributed by atoms with Crippen LogP contribution in [0.5, 0.6) is 0 Å². The summed E-state index contributed by atoms with van der Waals surface area (Å²) in [5, 5.41) is 22.3. The van der Waals surface area contributed by atoms with E-state index in [1.54, 1.807) is 4.90 Å². The van der Waals surface area contributed by atoms with E-state index in [9.17, 15) is 15.0 Å². The summed E-state index contributed by atoms with van der Waals surface area (Å²) < 4.78 is 0. The Kier molecular flexibility index (Phi) is 6.05. The maximum Gasteiger partial charge on any atom is 0.240 e. The Bertz CT molecular complexity index is 259. The molecule has 0 aromatic carbocycles. The van der Waals surface area contributed by atoms with Crippen LogP contribution in [0.15, 0.2) is 0 Å². The predicted molar refractivity (Wildman–Crippen MR) is 70.2 cm³/mol. The van der Waals surface area contributed by atoms with Gasteiger partial charge in [0.1, 0.15) is 0 Å². The van der Waals surface area contributed by atoms with Gasteiger partial charge in [0.25, 0.3) is 0 Å². The molecule has 18 heavy (non-hydrogen) atoms. The average molecular weight is 258 g/mol. The van der Waals surface area contributed by atoms with Crippen LogP contribution in [-0.2, 0) is 4.79 Å². The lowest BCUT2D eigenvalue weighted by Crippen LogP contribution is -2.63. The van der Waals surface area contributed by atoms with Gasteiger partial charge < -0.3 is 20.4 Å². The molecule has 106 valence electrons. The van der Waals surface area contributed by atoms with Gasteiger partial charge in [0.05, 0.1) is 24.8 Å². The number of nitrogens with zero attached hydrogens (tertiary/aromatic N) is 1. The summed E-state index contributed by atoms with van der Waals surface area (Å²) in [5.74, 6) is 0.0136. The molecule has 0 aromatic rings. The zero-order chi connectivity index (χ0) is 13.6. The molecule has 0 saturated carbocycles. The first-order valence-corrected chi connectivity index (χ1v) is 6.91. The van der Waals surface area contributed by atoms with Crippen molar-refractivity contribution in [2.75, 3.05) is 26.3 Å². The van der Waals surface area contributed by atoms with Crippen molar-refractivity contribution in [1.82, 2.24) is 10.2 Å². The molecule has 5 heteroatoms. The topological polar surface area (TPSA) is 72.8 Å². The molecule has 1 aliphatic rings. The van der Waals surface area contributed by atoms with Crippen molar-refractivity contribution < 1.29 is 15.0 Å². The lowest BCUT2D eigenvalue weighted by atomic mass is 9.91. The molecule has 0 aliphatic carbocycles. The van der Waals surface area contributed by atoms with E-state index < -0.39 is 5.54 Å². The molecular formula is C13H26N2O3. The summed E-state index contributed by atoms with van der Waals surface area (Å²) in [7, 11) is 0. The summed E-state index contributed by atoms with van der Waals surface area (Å²) >= 11 is 0. The van der Waals surface area contributed by atoms with Gasteiger partial charge in [-0.15, -0.1) is 0 Å². The summed E-state index contributed by atoms with van der Waals surface area (Å²) in [5.41, 5.74) is -0.802. The monoisotopic (exact) mass is 258 g/mol. The molecule has 0 bridgehead atoms. The van der Waals surface area contributed by atoms with E-state index in [2.05, 4.69) is 12.2 Å². The van der Waals surface area contributed by atoms with Gasteiger partial charge in [-0.2, -0.15) is 0 Å². The lowest BCUT2D eigenvalue weighted by Gasteiger charge is -2.45. The Hall–Kier alpha value is -0.650. The van der Waals surface area contributed by atoms with Crippen LogP contribution in [0.1, 0.15) is 39.5 Å². The molecule has 0 radical (unpaired) electrons. The summed E-state index contributed by atoms with van der Waals surface area (Å²) in [6.45, 7) is 5.02. The third kappa shape index (κ3) is 3.02. The number of aliphatic hydroxyl groups excluding tert-OH is 2. The van der Waals surface area contributed by atoms with E-state index in [-0.39, 0.29) is 25.2 Å². The smallest absolute Gasteiger partial charge is 0.240 e. The highest BCUT2D eigenvalue weighted by atomic mass is 16.3. The Labute approximate surface area is 109 Å². The molecular weight excluding hydrogens is 232 g/mol. The van der Waals surface area contributed by atoms with Crippen molar-refractivity contribution in [2.45, 2.75) is 51.1 Å². The first-order chi connectivity index (χ1) is 8.65. The number of carbonyl (C=O) groups excluding carboxylic acids is 1. The van der Waals surface area contributed by atoms with E-state index in [4.69, 9.17) is 0 Å². The van der Waals surface area contributed by atoms with Crippen molar-refractivity contribution in [2.24, 2.45) is 0 Å². The molecule has 1 rings (SSSR count). The highest BCUT2D eigenvalue weighted by Crippen LogP contribution is 2.25. The highest BCUT2D eigenvalue weighted by molar-refractivity contribution is 5.83. The second-order valence-electron chi connectivity index (χ2n) is 5.03. The largest absolute Gasteiger partial charge is 0.394 e. The third-order valence-corrected chi connectivity index (χ3v) is 3.90. The molecule has 0 aromatic heterocycles. The van der Waals surface area contributed by atoms with Crippen LogP contribution in [0, 0.1) is 0 Å². The van der Waals surface area contributed by atoms with E-state index in [1.165, 1.54) is 0 Å². The van der Waals surface area contributed by atoms with Gasteiger partial charge in [-0.1, -0.05) is 13.8 Å². The third-order valence-electron chi connectivity index (χ3n) is 3.90. The maximum absolute atomic E-state index is 12.4. The van der Waals surface area contributed by atoms with E-state index >= 15 is 0 Å². The fourth-order valence-electron chi connectivity index (χ4n) is 2.49. The molecule has 1 saturated heterocycles. The maximum atomic E-state index is 12.4. The van der Waals surface area contributed by atoms with Crippen LogP contribution in [0.2, 0.25) is 0 Å². The van der Waals surface area contributed by atoms with Crippen LogP contribution in [0.25, 0.3) is 0 Å². The van der Waals surface area contributed by atoms with Gasteiger partial charge in [0.15, 0.2) is 0 Å². The number of aliphatic hydroxyl groups is 2. The number of rotatable bonds is 7. The van der Waals surface area contributed by atoms with Crippen LogP contribution in [0.4, 0.5) is 0 Å². The minimum absolute atomic E-state index is 0.0136. The molecule has 5 nitrogen and oxygen atoms in total. The second kappa shape index (κ2) is 7.07. The van der Waals surface area contributed by atoms with E-state index in [0.717, 1.165) is 25.8 Å². The average Bonchev–Trinajstić information content (AvgIpc) is 2.41. The quantitative estimate of drug-likeness (QED) is 0.606. The second-order valence-corrected chi connectivity index (χ2v) is 5.03. The van der Waals surface area contributed by atoms with Crippen LogP contribution in [-0.4, -0.2) is 58.9 Å². The van der Waals surface area contributed by atoms with E-state index in [1.807, 2.05) is 6.92 Å². The normalized spacial score (nSPS) is 21.4. The van der Waals surface area contributed by atoms with Crippen molar-refractivity contribution in [3.05, 3.63) is 0 Å². The number of likely N-dealkylation sites (tertiary alicyclic amines) is 1. The van der Waals surface area contributed by atoms with Crippen molar-refractivity contribution in [3.8, 4) is 0 Å². The molecule has 3 N–H and O–H groups in total. The Morgan fingerprint density at radius 2 is 2.06 bits per heavy atom. The fourth-order valence-corrected chi connectivity index (χ4v) is 2.49. The number of amides is 1. The van der Waals surface area contributed by atoms with E-state index in [0.29, 0.717) is 13.0 Å². The lowest BCUT2D eigenvalue weighted by molar-refractivity contribution is -0.148. The number of carbonyl (C=O) groups is 1. The highest BCUT2D eigenvalue weighted by Gasteiger charge is 2.41. The van der Waals surface area contributed by atoms with Gasteiger partial charge in [0.2, 0.25) is 5.91 Å². The predicted octanol–water partition coefficient (Wildman–Crippen LogP) is 0.110. The molecule has 1 fully saturated rings. The SMILES string of the molecule is CCCNC1CCCN(C(CC)(CO)CO)C1=O. The number of hydrogen-bond acceptors (Lipinski definition) is 4. The van der Waals surface area contributed by atoms with Crippen LogP contribution < -0.4 is 5.32 Å². The van der Waals surface area contributed by atoms with Crippen molar-refractivity contribution in [1.29, 1.82) is 0 Å². The molecule has 1 atom stereocenters.